The molecule has 3 unspecified atom stereocenters. The molecule has 5 heteroatoms. The lowest BCUT2D eigenvalue weighted by Crippen LogP contribution is -2.52. The van der Waals surface area contributed by atoms with Gasteiger partial charge in [0.05, 0.1) is 15.8 Å². The summed E-state index contributed by atoms with van der Waals surface area (Å²) in [5, 5.41) is 9.61. The fourth-order valence-electron chi connectivity index (χ4n) is 12.6. The number of fused-ring (bicyclic) bond motifs is 2. The molecule has 82 heavy (non-hydrogen) atoms. The standard InChI is InChI=1S/C77H104BN3O/c1-23-60(72(9,10)11)61(73(12,13)14)39-46-79-65-49-59(81(57-27-25-24-26-28-57)58-35-31-55(32-36-58)71(6,7)8)50-66(80-64-38-41-75(17,18)43-42-74(15,16)40-37-52(64)2)69(65)78(56-33-29-54(30-34-56)70(3,4)5)68-48-53-47-62-63(51-67(53)82-68)77(21,22)45-44-76(62,19)20/h23-41,46-48,50-52,64-65,79-80H,1,42-45,49H2,2-22H3/b40-37+,41-38+,46-39+,61-60-/i24D,25D,28D. The molecule has 5 aromatic rings. The van der Waals surface area contributed by atoms with E-state index in [1.54, 1.807) is 6.07 Å². The highest BCUT2D eigenvalue weighted by Crippen LogP contribution is 2.48. The molecular formula is C77H104BN3O. The Kier molecular flexibility index (Phi) is 16.2. The molecule has 436 valence electrons. The van der Waals surface area contributed by atoms with Crippen molar-refractivity contribution in [2.75, 3.05) is 4.90 Å². The summed E-state index contributed by atoms with van der Waals surface area (Å²) < 4.78 is 35.0. The quantitative estimate of drug-likeness (QED) is 0.0742. The lowest BCUT2D eigenvalue weighted by molar-refractivity contribution is 0.324. The van der Waals surface area contributed by atoms with Crippen molar-refractivity contribution in [3.8, 4) is 0 Å². The number of hydrogen-bond acceptors (Lipinski definition) is 4. The fourth-order valence-corrected chi connectivity index (χ4v) is 12.6. The molecule has 8 rings (SSSR count). The summed E-state index contributed by atoms with van der Waals surface area (Å²) in [5.41, 5.74) is 14.4. The SMILES string of the molecule is [2H]c1cc([2H])c(N(C2=CC(NC3/C=C/C(C)(C)CCC(C)(C)/C=C/C3C)=C(B(c3ccc(C(C)(C)C)cc3)c3cc4cc5c(cc4o3)C(C)(C)CCC5(C)C)C(N/C=C/C(=C(\C=C)C(C)(C)C)C(C)(C)C)C2)c2ccc(C(C)(C)C)cc2)cc1[2H]. The van der Waals surface area contributed by atoms with Gasteiger partial charge in [0, 0.05) is 40.6 Å². The number of para-hydroxylation sites is 1. The molecule has 3 atom stereocenters. The Morgan fingerprint density at radius 1 is 0.683 bits per heavy atom. The molecule has 1 heterocycles. The summed E-state index contributed by atoms with van der Waals surface area (Å²) in [5.74, 6) is 0.0857. The van der Waals surface area contributed by atoms with Crippen LogP contribution < -0.4 is 26.7 Å². The van der Waals surface area contributed by atoms with Crippen molar-refractivity contribution in [3.05, 3.63) is 203 Å². The second kappa shape index (κ2) is 22.9. The highest BCUT2D eigenvalue weighted by Gasteiger charge is 2.42. The summed E-state index contributed by atoms with van der Waals surface area (Å²) >= 11 is 0. The first-order valence-corrected chi connectivity index (χ1v) is 30.8. The number of nitrogens with one attached hydrogen (secondary N) is 2. The van der Waals surface area contributed by atoms with Crippen molar-refractivity contribution < 1.29 is 8.53 Å². The van der Waals surface area contributed by atoms with E-state index in [1.165, 1.54) is 39.5 Å². The minimum atomic E-state index is -0.375. The van der Waals surface area contributed by atoms with E-state index in [-0.39, 0.29) is 86.2 Å². The summed E-state index contributed by atoms with van der Waals surface area (Å²) in [6.45, 7) is 52.5. The largest absolute Gasteiger partial charge is 0.470 e. The monoisotopic (exact) mass is 1100 g/mol. The predicted octanol–water partition coefficient (Wildman–Crippen LogP) is 19.5. The van der Waals surface area contributed by atoms with Crippen LogP contribution in [0.4, 0.5) is 11.4 Å². The molecule has 2 N–H and O–H groups in total. The molecule has 0 saturated carbocycles. The van der Waals surface area contributed by atoms with E-state index >= 15 is 0 Å². The Hall–Kier alpha value is -5.94. The van der Waals surface area contributed by atoms with Gasteiger partial charge in [-0.3, -0.25) is 0 Å². The van der Waals surface area contributed by atoms with Gasteiger partial charge in [-0.25, -0.2) is 0 Å². The van der Waals surface area contributed by atoms with Crippen molar-refractivity contribution >= 4 is 40.2 Å². The van der Waals surface area contributed by atoms with Gasteiger partial charge in [-0.2, -0.15) is 0 Å². The smallest absolute Gasteiger partial charge is 0.287 e. The van der Waals surface area contributed by atoms with Gasteiger partial charge in [0.15, 0.2) is 0 Å². The maximum absolute atomic E-state index is 9.65. The number of allylic oxidation sites excluding steroid dienone is 7. The maximum atomic E-state index is 9.65. The molecule has 1 aromatic heterocycles. The van der Waals surface area contributed by atoms with Crippen molar-refractivity contribution in [1.82, 2.24) is 10.6 Å². The van der Waals surface area contributed by atoms with E-state index in [4.69, 9.17) is 7.16 Å². The first-order chi connectivity index (χ1) is 39.2. The molecule has 0 amide bonds. The third kappa shape index (κ3) is 14.0. The highest BCUT2D eigenvalue weighted by molar-refractivity contribution is 6.90. The van der Waals surface area contributed by atoms with E-state index in [2.05, 4.69) is 277 Å². The third-order valence-corrected chi connectivity index (χ3v) is 18.3. The Labute approximate surface area is 503 Å². The molecule has 0 aliphatic heterocycles. The number of benzene rings is 4. The fraction of sp³-hybridized carbons (Fsp3) is 0.481. The topological polar surface area (TPSA) is 40.4 Å². The van der Waals surface area contributed by atoms with Crippen molar-refractivity contribution in [3.63, 3.8) is 0 Å². The van der Waals surface area contributed by atoms with Gasteiger partial charge in [0.2, 0.25) is 0 Å². The average molecular weight is 1100 g/mol. The maximum Gasteiger partial charge on any atom is 0.287 e. The molecule has 3 aliphatic rings. The normalized spacial score (nSPS) is 22.7. The number of nitrogens with zero attached hydrogens (tertiary/aromatic N) is 1. The number of rotatable bonds is 12. The number of hydrogen-bond donors (Lipinski definition) is 2. The number of furan rings is 1. The van der Waals surface area contributed by atoms with Crippen molar-refractivity contribution in [2.24, 2.45) is 27.6 Å². The van der Waals surface area contributed by atoms with Crippen LogP contribution in [0.1, 0.15) is 204 Å². The minimum absolute atomic E-state index is 0.00395. The Morgan fingerprint density at radius 3 is 1.80 bits per heavy atom. The van der Waals surface area contributed by atoms with E-state index in [0.29, 0.717) is 12.1 Å². The van der Waals surface area contributed by atoms with Crippen LogP contribution in [-0.4, -0.2) is 18.8 Å². The number of anilines is 2. The molecule has 0 fully saturated rings. The molecule has 0 radical (unpaired) electrons. The molecular weight excluding hydrogens is 994 g/mol. The molecule has 0 saturated heterocycles. The van der Waals surface area contributed by atoms with Crippen LogP contribution in [0.25, 0.3) is 11.0 Å². The second-order valence-electron chi connectivity index (χ2n) is 31.4. The van der Waals surface area contributed by atoms with Crippen LogP contribution in [0.5, 0.6) is 0 Å². The van der Waals surface area contributed by atoms with Crippen LogP contribution in [0, 0.1) is 27.6 Å². The van der Waals surface area contributed by atoms with Gasteiger partial charge in [0.1, 0.15) is 5.58 Å². The lowest BCUT2D eigenvalue weighted by Gasteiger charge is -2.41. The zero-order valence-corrected chi connectivity index (χ0v) is 54.5. The second-order valence-corrected chi connectivity index (χ2v) is 31.4. The molecule has 4 nitrogen and oxygen atoms in total. The third-order valence-electron chi connectivity index (χ3n) is 18.3. The van der Waals surface area contributed by atoms with Crippen LogP contribution >= 0.6 is 0 Å². The van der Waals surface area contributed by atoms with Gasteiger partial charge in [-0.1, -0.05) is 242 Å². The molecule has 0 bridgehead atoms. The van der Waals surface area contributed by atoms with Gasteiger partial charge < -0.3 is 20.0 Å². The van der Waals surface area contributed by atoms with E-state index < -0.39 is 0 Å². The van der Waals surface area contributed by atoms with E-state index in [9.17, 15) is 1.37 Å². The minimum Gasteiger partial charge on any atom is -0.470 e. The predicted molar refractivity (Wildman–Crippen MR) is 358 cm³/mol. The average Bonchev–Trinajstić information content (AvgIpc) is 1.82. The van der Waals surface area contributed by atoms with Crippen LogP contribution in [-0.2, 0) is 21.7 Å². The van der Waals surface area contributed by atoms with Gasteiger partial charge in [-0.15, -0.1) is 0 Å². The lowest BCUT2D eigenvalue weighted by atomic mass is 9.36. The Morgan fingerprint density at radius 2 is 1.24 bits per heavy atom. The van der Waals surface area contributed by atoms with Crippen molar-refractivity contribution in [2.45, 2.75) is 211 Å². The van der Waals surface area contributed by atoms with Gasteiger partial charge >= 0.3 is 0 Å². The van der Waals surface area contributed by atoms with E-state index in [1.807, 2.05) is 6.08 Å². The first kappa shape index (κ1) is 57.9. The summed E-state index contributed by atoms with van der Waals surface area (Å²) in [7, 11) is 0. The molecule has 3 aliphatic carbocycles. The summed E-state index contributed by atoms with van der Waals surface area (Å²) in [4.78, 5) is 2.18. The summed E-state index contributed by atoms with van der Waals surface area (Å²) in [6, 6.07) is 28.1. The van der Waals surface area contributed by atoms with Crippen LogP contribution in [0.3, 0.4) is 0 Å². The Balaban J connectivity index is 1.52. The summed E-state index contributed by atoms with van der Waals surface area (Å²) in [6.07, 6.45) is 23.4. The molecule has 0 spiro atoms. The first-order valence-electron chi connectivity index (χ1n) is 32.3. The van der Waals surface area contributed by atoms with Crippen molar-refractivity contribution in [1.29, 1.82) is 0 Å². The van der Waals surface area contributed by atoms with Gasteiger partial charge in [0.25, 0.3) is 6.71 Å². The zero-order valence-electron chi connectivity index (χ0n) is 57.5. The van der Waals surface area contributed by atoms with Gasteiger partial charge in [-0.05, 0) is 175 Å². The Bertz CT molecular complexity index is 3420. The zero-order chi connectivity index (χ0) is 62.8. The van der Waals surface area contributed by atoms with Crippen LogP contribution in [0.2, 0.25) is 0 Å². The van der Waals surface area contributed by atoms with E-state index in [0.717, 1.165) is 70.3 Å². The highest BCUT2D eigenvalue weighted by atomic mass is 16.3. The molecule has 4 aromatic carbocycles. The van der Waals surface area contributed by atoms with Crippen LogP contribution in [0.15, 0.2) is 185 Å².